The monoisotopic (exact) mass is 601 g/mol. The predicted molar refractivity (Wildman–Crippen MR) is 173 cm³/mol. The second kappa shape index (κ2) is 14.3. The number of alkyl carbamates (subject to hydrolysis) is 1. The third kappa shape index (κ3) is 8.38. The third-order valence-electron chi connectivity index (χ3n) is 11.9. The molecule has 1 N–H and O–H groups in total. The number of carbonyl (C=O) groups excluding carboxylic acids is 2. The number of ether oxygens (including phenoxy) is 3. The van der Waals surface area contributed by atoms with E-state index in [4.69, 9.17) is 14.2 Å². The average molecular weight is 602 g/mol. The first kappa shape index (κ1) is 34.3. The molecule has 0 bridgehead atoms. The zero-order chi connectivity index (χ0) is 31.4. The molecule has 4 aliphatic carbocycles. The molecule has 0 unspecified atom stereocenters. The normalized spacial score (nSPS) is 34.4. The minimum atomic E-state index is -0.489. The highest BCUT2D eigenvalue weighted by Crippen LogP contribution is 2.67. The quantitative estimate of drug-likeness (QED) is 0.137. The van der Waals surface area contributed by atoms with Crippen molar-refractivity contribution < 1.29 is 23.8 Å². The zero-order valence-electron chi connectivity index (χ0n) is 28.8. The van der Waals surface area contributed by atoms with Crippen molar-refractivity contribution in [1.29, 1.82) is 0 Å². The van der Waals surface area contributed by atoms with Gasteiger partial charge >= 0.3 is 12.1 Å². The molecular formula is C37H63NO5. The first-order valence-electron chi connectivity index (χ1n) is 17.7. The number of hydrogen-bond acceptors (Lipinski definition) is 5. The van der Waals surface area contributed by atoms with Crippen LogP contribution in [0.5, 0.6) is 0 Å². The highest BCUT2D eigenvalue weighted by Gasteiger charge is 2.59. The highest BCUT2D eigenvalue weighted by molar-refractivity contribution is 5.70. The molecule has 4 rings (SSSR count). The van der Waals surface area contributed by atoms with E-state index in [1.54, 1.807) is 5.57 Å². The Kier molecular flexibility index (Phi) is 11.4. The molecule has 0 radical (unpaired) electrons. The number of nitrogens with one attached hydrogen (secondary N) is 1. The summed E-state index contributed by atoms with van der Waals surface area (Å²) in [6.07, 6.45) is 16.2. The van der Waals surface area contributed by atoms with Crippen molar-refractivity contribution in [1.82, 2.24) is 5.32 Å². The summed E-state index contributed by atoms with van der Waals surface area (Å²) in [5.41, 5.74) is 1.82. The van der Waals surface area contributed by atoms with Gasteiger partial charge in [-0.25, -0.2) is 4.79 Å². The summed E-state index contributed by atoms with van der Waals surface area (Å²) >= 11 is 0. The summed E-state index contributed by atoms with van der Waals surface area (Å²) in [6, 6.07) is 0. The van der Waals surface area contributed by atoms with Gasteiger partial charge in [0.25, 0.3) is 0 Å². The van der Waals surface area contributed by atoms with E-state index in [1.807, 2.05) is 20.8 Å². The SMILES string of the molecule is CC(C)CCC[C@@H](C)[C@H]1CC[C@H]2[C@@H]3CC=C4C[C@@H](OC(=O)NCCOCCC(=O)OC(C)(C)C)CC[C@]4(C)[C@H]3CC[C@]12C. The van der Waals surface area contributed by atoms with Crippen LogP contribution in [0.4, 0.5) is 4.79 Å². The Morgan fingerprint density at radius 3 is 2.49 bits per heavy atom. The Bertz CT molecular complexity index is 984. The lowest BCUT2D eigenvalue weighted by atomic mass is 9.47. The number of esters is 1. The summed E-state index contributed by atoms with van der Waals surface area (Å²) in [7, 11) is 0. The second-order valence-corrected chi connectivity index (χ2v) is 16.4. The van der Waals surface area contributed by atoms with Crippen molar-refractivity contribution >= 4 is 12.1 Å². The van der Waals surface area contributed by atoms with E-state index in [0.29, 0.717) is 18.6 Å². The maximum atomic E-state index is 12.5. The van der Waals surface area contributed by atoms with Crippen LogP contribution in [0.3, 0.4) is 0 Å². The van der Waals surface area contributed by atoms with Crippen molar-refractivity contribution in [2.45, 2.75) is 144 Å². The van der Waals surface area contributed by atoms with Gasteiger partial charge in [-0.2, -0.15) is 0 Å². The van der Waals surface area contributed by atoms with Crippen molar-refractivity contribution in [3.05, 3.63) is 11.6 Å². The molecule has 8 atom stereocenters. The summed E-state index contributed by atoms with van der Waals surface area (Å²) in [5, 5.41) is 2.82. The van der Waals surface area contributed by atoms with Gasteiger partial charge in [0.2, 0.25) is 0 Å². The molecule has 0 saturated heterocycles. The van der Waals surface area contributed by atoms with E-state index in [-0.39, 0.29) is 36.6 Å². The van der Waals surface area contributed by atoms with E-state index >= 15 is 0 Å². The molecule has 246 valence electrons. The molecule has 0 aromatic carbocycles. The molecule has 0 spiro atoms. The van der Waals surface area contributed by atoms with Crippen molar-refractivity contribution in [2.75, 3.05) is 19.8 Å². The molecule has 6 nitrogen and oxygen atoms in total. The standard InChI is InChI=1S/C37H63NO5/c1-25(2)10-9-11-26(3)30-14-15-31-29-13-12-27-24-28(16-19-36(27,7)32(29)17-20-37(30,31)8)42-34(40)38-21-23-41-22-18-33(39)43-35(4,5)6/h12,25-26,28-32H,9-11,13-24H2,1-8H3,(H,38,40)/t26-,28+,29+,30-,31+,32+,36+,37-/m1/s1. The first-order chi connectivity index (χ1) is 20.2. The molecule has 0 aromatic heterocycles. The number of rotatable bonds is 12. The molecule has 0 aliphatic heterocycles. The largest absolute Gasteiger partial charge is 0.460 e. The fourth-order valence-electron chi connectivity index (χ4n) is 9.82. The van der Waals surface area contributed by atoms with Crippen molar-refractivity contribution in [2.24, 2.45) is 46.3 Å². The molecule has 4 aliphatic rings. The van der Waals surface area contributed by atoms with Crippen LogP contribution in [0.15, 0.2) is 11.6 Å². The third-order valence-corrected chi connectivity index (χ3v) is 11.9. The fourth-order valence-corrected chi connectivity index (χ4v) is 9.82. The Hall–Kier alpha value is -1.56. The van der Waals surface area contributed by atoms with Crippen LogP contribution in [0.1, 0.15) is 132 Å². The smallest absolute Gasteiger partial charge is 0.407 e. The maximum absolute atomic E-state index is 12.5. The van der Waals surface area contributed by atoms with E-state index < -0.39 is 5.60 Å². The summed E-state index contributed by atoms with van der Waals surface area (Å²) in [5.74, 6) is 4.73. The van der Waals surface area contributed by atoms with Gasteiger partial charge in [-0.1, -0.05) is 65.5 Å². The van der Waals surface area contributed by atoms with Gasteiger partial charge in [0.05, 0.1) is 19.6 Å². The second-order valence-electron chi connectivity index (χ2n) is 16.4. The summed E-state index contributed by atoms with van der Waals surface area (Å²) < 4.78 is 16.6. The predicted octanol–water partition coefficient (Wildman–Crippen LogP) is 8.87. The van der Waals surface area contributed by atoms with Gasteiger partial charge in [0.1, 0.15) is 11.7 Å². The average Bonchev–Trinajstić information content (AvgIpc) is 3.27. The maximum Gasteiger partial charge on any atom is 0.407 e. The van der Waals surface area contributed by atoms with Crippen LogP contribution < -0.4 is 5.32 Å². The Labute approximate surface area is 262 Å². The minimum Gasteiger partial charge on any atom is -0.460 e. The fraction of sp³-hybridized carbons (Fsp3) is 0.892. The molecule has 1 amide bonds. The number of allylic oxidation sites excluding steroid dienone is 1. The number of carbonyl (C=O) groups is 2. The van der Waals surface area contributed by atoms with Gasteiger partial charge in [-0.3, -0.25) is 4.79 Å². The van der Waals surface area contributed by atoms with Crippen LogP contribution in [0.2, 0.25) is 0 Å². The van der Waals surface area contributed by atoms with E-state index in [1.165, 1.54) is 51.4 Å². The summed E-state index contributed by atoms with van der Waals surface area (Å²) in [4.78, 5) is 24.3. The number of fused-ring (bicyclic) bond motifs is 5. The molecule has 0 aromatic rings. The molecule has 0 heterocycles. The van der Waals surface area contributed by atoms with Crippen LogP contribution in [-0.2, 0) is 19.0 Å². The minimum absolute atomic E-state index is 0.0552. The topological polar surface area (TPSA) is 73.9 Å². The highest BCUT2D eigenvalue weighted by atomic mass is 16.6. The Morgan fingerprint density at radius 1 is 1.00 bits per heavy atom. The van der Waals surface area contributed by atoms with Gasteiger partial charge in [-0.05, 0) is 112 Å². The molecule has 6 heteroatoms. The van der Waals surface area contributed by atoms with E-state index in [2.05, 4.69) is 46.0 Å². The van der Waals surface area contributed by atoms with Gasteiger partial charge in [0, 0.05) is 13.0 Å². The Balaban J connectivity index is 1.23. The van der Waals surface area contributed by atoms with Gasteiger partial charge < -0.3 is 19.5 Å². The lowest BCUT2D eigenvalue weighted by molar-refractivity contribution is -0.156. The molecule has 43 heavy (non-hydrogen) atoms. The van der Waals surface area contributed by atoms with Crippen molar-refractivity contribution in [3.8, 4) is 0 Å². The molecular weight excluding hydrogens is 538 g/mol. The Morgan fingerprint density at radius 2 is 1.77 bits per heavy atom. The van der Waals surface area contributed by atoms with E-state index in [9.17, 15) is 9.59 Å². The van der Waals surface area contributed by atoms with Crippen LogP contribution >= 0.6 is 0 Å². The van der Waals surface area contributed by atoms with Crippen LogP contribution in [-0.4, -0.2) is 43.5 Å². The lowest BCUT2D eigenvalue weighted by Crippen LogP contribution is -2.51. The van der Waals surface area contributed by atoms with Gasteiger partial charge in [-0.15, -0.1) is 0 Å². The summed E-state index contributed by atoms with van der Waals surface area (Å²) in [6.45, 7) is 19.0. The lowest BCUT2D eigenvalue weighted by Gasteiger charge is -2.58. The van der Waals surface area contributed by atoms with Crippen LogP contribution in [0, 0.1) is 46.3 Å². The first-order valence-corrected chi connectivity index (χ1v) is 17.7. The van der Waals surface area contributed by atoms with Crippen molar-refractivity contribution in [3.63, 3.8) is 0 Å². The number of hydrogen-bond donors (Lipinski definition) is 1. The zero-order valence-corrected chi connectivity index (χ0v) is 28.8. The number of amides is 1. The molecule has 3 fully saturated rings. The van der Waals surface area contributed by atoms with E-state index in [0.717, 1.165) is 54.8 Å². The molecule has 3 saturated carbocycles. The van der Waals surface area contributed by atoms with Crippen LogP contribution in [0.25, 0.3) is 0 Å². The van der Waals surface area contributed by atoms with Gasteiger partial charge in [0.15, 0.2) is 0 Å².